The van der Waals surface area contributed by atoms with Gasteiger partial charge in [0.25, 0.3) is 0 Å². The van der Waals surface area contributed by atoms with Gasteiger partial charge in [0.05, 0.1) is 17.3 Å². The summed E-state index contributed by atoms with van der Waals surface area (Å²) in [4.78, 5) is 4.60. The Kier molecular flexibility index (Phi) is 7.14. The van der Waals surface area contributed by atoms with E-state index in [-0.39, 0.29) is 11.9 Å². The molecule has 0 radical (unpaired) electrons. The normalized spacial score (nSPS) is 12.4. The summed E-state index contributed by atoms with van der Waals surface area (Å²) in [5.41, 5.74) is 2.68. The molecule has 0 spiro atoms. The molecule has 3 nitrogen and oxygen atoms in total. The van der Waals surface area contributed by atoms with Crippen LogP contribution in [-0.4, -0.2) is 22.8 Å². The minimum absolute atomic E-state index is 0.277. The fraction of sp³-hybridized carbons (Fsp3) is 0.240. The molecule has 0 amide bonds. The van der Waals surface area contributed by atoms with Gasteiger partial charge in [-0.05, 0) is 68.1 Å². The number of ether oxygens (including phenoxy) is 1. The molecule has 1 aromatic heterocycles. The van der Waals surface area contributed by atoms with Crippen molar-refractivity contribution in [2.75, 3.05) is 6.61 Å². The van der Waals surface area contributed by atoms with Gasteiger partial charge < -0.3 is 9.84 Å². The summed E-state index contributed by atoms with van der Waals surface area (Å²) < 4.78 is 20.2. The molecule has 0 bridgehead atoms. The number of pyridine rings is 1. The molecular weight excluding hydrogens is 365 g/mol. The van der Waals surface area contributed by atoms with Crippen LogP contribution < -0.4 is 4.74 Å². The van der Waals surface area contributed by atoms with Crippen molar-refractivity contribution in [2.45, 2.75) is 32.3 Å². The number of benzene rings is 2. The van der Waals surface area contributed by atoms with Gasteiger partial charge in [-0.1, -0.05) is 36.9 Å². The molecule has 0 aliphatic rings. The van der Waals surface area contributed by atoms with E-state index in [0.717, 1.165) is 41.5 Å². The van der Waals surface area contributed by atoms with E-state index in [1.54, 1.807) is 19.1 Å². The van der Waals surface area contributed by atoms with Crippen molar-refractivity contribution in [3.63, 3.8) is 0 Å². The Hall–Kier alpha value is -2.98. The van der Waals surface area contributed by atoms with Crippen molar-refractivity contribution in [1.29, 1.82) is 0 Å². The molecule has 4 heteroatoms. The van der Waals surface area contributed by atoms with E-state index in [0.29, 0.717) is 17.9 Å². The zero-order valence-electron chi connectivity index (χ0n) is 16.6. The van der Waals surface area contributed by atoms with Crippen LogP contribution in [-0.2, 0) is 0 Å². The monoisotopic (exact) mass is 391 g/mol. The van der Waals surface area contributed by atoms with Crippen molar-refractivity contribution in [1.82, 2.24) is 4.98 Å². The Bertz CT molecular complexity index is 1010. The molecule has 1 unspecified atom stereocenters. The molecule has 3 aromatic rings. The van der Waals surface area contributed by atoms with E-state index in [1.807, 2.05) is 48.6 Å². The quantitative estimate of drug-likeness (QED) is 0.350. The number of halogens is 1. The molecule has 0 saturated heterocycles. The lowest BCUT2D eigenvalue weighted by Gasteiger charge is -2.08. The third-order valence-corrected chi connectivity index (χ3v) is 4.60. The van der Waals surface area contributed by atoms with Crippen LogP contribution in [0.4, 0.5) is 4.39 Å². The first-order chi connectivity index (χ1) is 14.1. The van der Waals surface area contributed by atoms with E-state index in [9.17, 15) is 9.50 Å². The molecule has 0 aliphatic heterocycles. The van der Waals surface area contributed by atoms with E-state index < -0.39 is 0 Å². The molecule has 1 atom stereocenters. The number of allylic oxidation sites excluding steroid dienone is 1. The molecule has 1 N–H and O–H groups in total. The van der Waals surface area contributed by atoms with E-state index in [1.165, 1.54) is 6.07 Å². The molecule has 0 saturated carbocycles. The van der Waals surface area contributed by atoms with Crippen LogP contribution in [0.15, 0.2) is 67.3 Å². The van der Waals surface area contributed by atoms with Gasteiger partial charge in [-0.25, -0.2) is 9.37 Å². The van der Waals surface area contributed by atoms with Crippen molar-refractivity contribution in [3.05, 3.63) is 78.6 Å². The first-order valence-corrected chi connectivity index (χ1v) is 9.86. The smallest absolute Gasteiger partial charge is 0.133 e. The van der Waals surface area contributed by atoms with Crippen LogP contribution in [0.1, 0.15) is 31.7 Å². The molecular formula is C25H26FNO2. The second kappa shape index (κ2) is 9.99. The van der Waals surface area contributed by atoms with E-state index in [4.69, 9.17) is 4.74 Å². The van der Waals surface area contributed by atoms with Crippen LogP contribution in [0.25, 0.3) is 28.2 Å². The van der Waals surface area contributed by atoms with Crippen molar-refractivity contribution in [3.8, 4) is 17.0 Å². The minimum atomic E-state index is -0.297. The van der Waals surface area contributed by atoms with Gasteiger partial charge in [-0.3, -0.25) is 0 Å². The third kappa shape index (κ3) is 5.75. The SMILES string of the molecule is C=CCOc1ccc2nc(-c3ccc(C=CCCCC(C)O)cc3F)ccc2c1. The zero-order valence-corrected chi connectivity index (χ0v) is 16.6. The second-order valence-electron chi connectivity index (χ2n) is 7.07. The lowest BCUT2D eigenvalue weighted by atomic mass is 10.1. The number of hydrogen-bond donors (Lipinski definition) is 1. The van der Waals surface area contributed by atoms with Gasteiger partial charge in [-0.2, -0.15) is 0 Å². The Morgan fingerprint density at radius 3 is 2.79 bits per heavy atom. The summed E-state index contributed by atoms with van der Waals surface area (Å²) in [6.07, 6.45) is 7.89. The number of aliphatic hydroxyl groups is 1. The summed E-state index contributed by atoms with van der Waals surface area (Å²) in [5, 5.41) is 10.2. The minimum Gasteiger partial charge on any atom is -0.490 e. The number of fused-ring (bicyclic) bond motifs is 1. The van der Waals surface area contributed by atoms with E-state index >= 15 is 0 Å². The van der Waals surface area contributed by atoms with Crippen LogP contribution in [0.3, 0.4) is 0 Å². The number of unbranched alkanes of at least 4 members (excludes halogenated alkanes) is 1. The Labute approximate surface area is 171 Å². The van der Waals surface area contributed by atoms with Crippen molar-refractivity contribution < 1.29 is 14.2 Å². The summed E-state index contributed by atoms with van der Waals surface area (Å²) in [5.74, 6) is 0.455. The highest BCUT2D eigenvalue weighted by Gasteiger charge is 2.08. The lowest BCUT2D eigenvalue weighted by molar-refractivity contribution is 0.182. The first kappa shape index (κ1) is 20.7. The lowest BCUT2D eigenvalue weighted by Crippen LogP contribution is -1.97. The maximum absolute atomic E-state index is 14.7. The number of rotatable bonds is 9. The highest BCUT2D eigenvalue weighted by molar-refractivity contribution is 5.83. The maximum Gasteiger partial charge on any atom is 0.133 e. The summed E-state index contributed by atoms with van der Waals surface area (Å²) in [6.45, 7) is 5.88. The van der Waals surface area contributed by atoms with Crippen molar-refractivity contribution in [2.24, 2.45) is 0 Å². The molecule has 29 heavy (non-hydrogen) atoms. The Morgan fingerprint density at radius 2 is 2.03 bits per heavy atom. The number of nitrogens with zero attached hydrogens (tertiary/aromatic N) is 1. The summed E-state index contributed by atoms with van der Waals surface area (Å²) in [6, 6.07) is 14.6. The fourth-order valence-corrected chi connectivity index (χ4v) is 3.09. The van der Waals surface area contributed by atoms with Gasteiger partial charge in [0.2, 0.25) is 0 Å². The summed E-state index contributed by atoms with van der Waals surface area (Å²) >= 11 is 0. The van der Waals surface area contributed by atoms with Crippen molar-refractivity contribution >= 4 is 17.0 Å². The standard InChI is InChI=1S/C25H26FNO2/c1-3-15-29-21-11-14-24-20(17-21)10-13-25(27-24)22-12-9-19(16-23(22)26)8-6-4-5-7-18(2)28/h3,6,8-14,16-18,28H,1,4-5,7,15H2,2H3. The highest BCUT2D eigenvalue weighted by atomic mass is 19.1. The predicted octanol–water partition coefficient (Wildman–Crippen LogP) is 6.17. The average molecular weight is 391 g/mol. The Balaban J connectivity index is 1.75. The van der Waals surface area contributed by atoms with Crippen LogP contribution in [0.5, 0.6) is 5.75 Å². The van der Waals surface area contributed by atoms with Gasteiger partial charge in [0.1, 0.15) is 18.2 Å². The highest BCUT2D eigenvalue weighted by Crippen LogP contribution is 2.26. The number of hydrogen-bond acceptors (Lipinski definition) is 3. The molecule has 150 valence electrons. The summed E-state index contributed by atoms with van der Waals surface area (Å²) in [7, 11) is 0. The van der Waals surface area contributed by atoms with Gasteiger partial charge in [0, 0.05) is 10.9 Å². The zero-order chi connectivity index (χ0) is 20.6. The topological polar surface area (TPSA) is 42.4 Å². The first-order valence-electron chi connectivity index (χ1n) is 9.86. The number of aromatic nitrogens is 1. The average Bonchev–Trinajstić information content (AvgIpc) is 2.71. The second-order valence-corrected chi connectivity index (χ2v) is 7.07. The van der Waals surface area contributed by atoms with Crippen LogP contribution in [0.2, 0.25) is 0 Å². The van der Waals surface area contributed by atoms with E-state index in [2.05, 4.69) is 11.6 Å². The molecule has 0 fully saturated rings. The predicted molar refractivity (Wildman–Crippen MR) is 117 cm³/mol. The van der Waals surface area contributed by atoms with Crippen LogP contribution >= 0.6 is 0 Å². The fourth-order valence-electron chi connectivity index (χ4n) is 3.09. The van der Waals surface area contributed by atoms with Gasteiger partial charge >= 0.3 is 0 Å². The molecule has 3 rings (SSSR count). The largest absolute Gasteiger partial charge is 0.490 e. The number of aliphatic hydroxyl groups excluding tert-OH is 1. The molecule has 0 aliphatic carbocycles. The van der Waals surface area contributed by atoms with Gasteiger partial charge in [-0.15, -0.1) is 0 Å². The third-order valence-electron chi connectivity index (χ3n) is 4.60. The molecule has 2 aromatic carbocycles. The maximum atomic E-state index is 14.7. The Morgan fingerprint density at radius 1 is 1.17 bits per heavy atom. The van der Waals surface area contributed by atoms with Gasteiger partial charge in [0.15, 0.2) is 0 Å². The molecule has 1 heterocycles. The van der Waals surface area contributed by atoms with Crippen LogP contribution in [0, 0.1) is 5.82 Å².